The van der Waals surface area contributed by atoms with Crippen LogP contribution in [0.5, 0.6) is 0 Å². The van der Waals surface area contributed by atoms with Crippen molar-refractivity contribution in [2.75, 3.05) is 13.1 Å². The van der Waals surface area contributed by atoms with E-state index >= 15 is 0 Å². The molecule has 0 radical (unpaired) electrons. The summed E-state index contributed by atoms with van der Waals surface area (Å²) in [5, 5.41) is 8.57. The summed E-state index contributed by atoms with van der Waals surface area (Å²) in [6.45, 7) is 0.485. The molecule has 3 N–H and O–H groups in total. The van der Waals surface area contributed by atoms with Crippen LogP contribution in [0, 0.1) is 18.3 Å². The lowest BCUT2D eigenvalue weighted by Gasteiger charge is -2.37. The molecule has 1 saturated heterocycles. The van der Waals surface area contributed by atoms with Crippen LogP contribution in [0.2, 0.25) is 0 Å². The van der Waals surface area contributed by atoms with E-state index in [0.717, 1.165) is 0 Å². The lowest BCUT2D eigenvalue weighted by molar-refractivity contribution is -0.153. The smallest absolute Gasteiger partial charge is 0.310 e. The number of carboxylic acid groups (broad SMARTS) is 1. The molecule has 1 amide bonds. The van der Waals surface area contributed by atoms with E-state index in [0.29, 0.717) is 0 Å². The number of aliphatic carboxylic acids is 1. The van der Waals surface area contributed by atoms with Gasteiger partial charge in [-0.05, 0) is 0 Å². The van der Waals surface area contributed by atoms with Crippen molar-refractivity contribution in [1.29, 1.82) is 0 Å². The Bertz CT molecular complexity index is 289. The summed E-state index contributed by atoms with van der Waals surface area (Å²) in [7, 11) is 0. The maximum absolute atomic E-state index is 11.4. The first-order valence-corrected chi connectivity index (χ1v) is 4.27. The maximum Gasteiger partial charge on any atom is 0.310 e. The molecule has 76 valence electrons. The summed E-state index contributed by atoms with van der Waals surface area (Å²) in [5.41, 5.74) is 5.48. The third-order valence-electron chi connectivity index (χ3n) is 2.20. The van der Waals surface area contributed by atoms with Gasteiger partial charge in [-0.15, -0.1) is 12.3 Å². The van der Waals surface area contributed by atoms with Crippen molar-refractivity contribution in [3.05, 3.63) is 0 Å². The Morgan fingerprint density at radius 3 is 2.64 bits per heavy atom. The van der Waals surface area contributed by atoms with Gasteiger partial charge in [-0.1, -0.05) is 0 Å². The van der Waals surface area contributed by atoms with Crippen LogP contribution in [0.4, 0.5) is 0 Å². The molecular weight excluding hydrogens is 184 g/mol. The minimum Gasteiger partial charge on any atom is -0.481 e. The van der Waals surface area contributed by atoms with Gasteiger partial charge in [0, 0.05) is 19.5 Å². The Kier molecular flexibility index (Phi) is 3.10. The number of nitrogens with two attached hydrogens (primary N) is 1. The topological polar surface area (TPSA) is 83.6 Å². The van der Waals surface area contributed by atoms with Crippen molar-refractivity contribution >= 4 is 11.9 Å². The number of carboxylic acids is 1. The van der Waals surface area contributed by atoms with Gasteiger partial charge in [0.1, 0.15) is 0 Å². The molecule has 5 nitrogen and oxygen atoms in total. The van der Waals surface area contributed by atoms with Crippen LogP contribution in [-0.4, -0.2) is 41.0 Å². The number of carbonyl (C=O) groups is 2. The van der Waals surface area contributed by atoms with E-state index in [1.807, 2.05) is 0 Å². The van der Waals surface area contributed by atoms with Gasteiger partial charge in [-0.3, -0.25) is 9.59 Å². The van der Waals surface area contributed by atoms with Crippen molar-refractivity contribution in [2.45, 2.75) is 12.5 Å². The summed E-state index contributed by atoms with van der Waals surface area (Å²) in [6.07, 6.45) is 5.20. The summed E-state index contributed by atoms with van der Waals surface area (Å²) in [6, 6.07) is -0.699. The predicted octanol–water partition coefficient (Wildman–Crippen LogP) is -1.12. The highest BCUT2D eigenvalue weighted by atomic mass is 16.4. The molecule has 0 saturated carbocycles. The van der Waals surface area contributed by atoms with Crippen LogP contribution in [0.3, 0.4) is 0 Å². The van der Waals surface area contributed by atoms with Crippen molar-refractivity contribution in [2.24, 2.45) is 11.7 Å². The van der Waals surface area contributed by atoms with Crippen LogP contribution >= 0.6 is 0 Å². The third kappa shape index (κ3) is 2.03. The zero-order chi connectivity index (χ0) is 10.7. The van der Waals surface area contributed by atoms with Gasteiger partial charge in [0.15, 0.2) is 0 Å². The van der Waals surface area contributed by atoms with Crippen molar-refractivity contribution < 1.29 is 14.7 Å². The average Bonchev–Trinajstić information content (AvgIpc) is 2.00. The first-order valence-electron chi connectivity index (χ1n) is 4.27. The van der Waals surface area contributed by atoms with Crippen LogP contribution in [-0.2, 0) is 9.59 Å². The monoisotopic (exact) mass is 196 g/mol. The molecule has 1 aliphatic heterocycles. The van der Waals surface area contributed by atoms with Gasteiger partial charge in [0.25, 0.3) is 0 Å². The molecular formula is C9H12N2O3. The molecule has 5 heteroatoms. The van der Waals surface area contributed by atoms with Gasteiger partial charge in [-0.2, -0.15) is 0 Å². The second-order valence-electron chi connectivity index (χ2n) is 3.29. The quantitative estimate of drug-likeness (QED) is 0.560. The van der Waals surface area contributed by atoms with E-state index in [9.17, 15) is 9.59 Å². The van der Waals surface area contributed by atoms with E-state index in [1.54, 1.807) is 0 Å². The fourth-order valence-corrected chi connectivity index (χ4v) is 1.26. The summed E-state index contributed by atoms with van der Waals surface area (Å²) in [5.74, 6) is 0.710. The molecule has 0 aromatic heterocycles. The Morgan fingerprint density at radius 2 is 2.21 bits per heavy atom. The first kappa shape index (κ1) is 10.5. The normalized spacial score (nSPS) is 18.1. The molecule has 1 rings (SSSR count). The minimum atomic E-state index is -0.875. The zero-order valence-electron chi connectivity index (χ0n) is 7.64. The number of amides is 1. The molecule has 1 aliphatic rings. The van der Waals surface area contributed by atoms with Crippen LogP contribution < -0.4 is 5.73 Å². The van der Waals surface area contributed by atoms with Gasteiger partial charge < -0.3 is 15.7 Å². The summed E-state index contributed by atoms with van der Waals surface area (Å²) < 4.78 is 0. The van der Waals surface area contributed by atoms with Gasteiger partial charge in [0.2, 0.25) is 5.91 Å². The summed E-state index contributed by atoms with van der Waals surface area (Å²) >= 11 is 0. The van der Waals surface area contributed by atoms with Crippen LogP contribution in [0.1, 0.15) is 6.42 Å². The lowest BCUT2D eigenvalue weighted by Crippen LogP contribution is -2.57. The molecule has 1 unspecified atom stereocenters. The Labute approximate surface area is 81.9 Å². The highest BCUT2D eigenvalue weighted by Crippen LogP contribution is 2.16. The SMILES string of the molecule is C#CCC(N)C(=O)N1CC(C(=O)O)C1. The van der Waals surface area contributed by atoms with Crippen LogP contribution in [0.15, 0.2) is 0 Å². The standard InChI is InChI=1S/C9H12N2O3/c1-2-3-7(10)8(12)11-4-6(5-11)9(13)14/h1,6-7H,3-5,10H2,(H,13,14). The highest BCUT2D eigenvalue weighted by Gasteiger charge is 2.36. The highest BCUT2D eigenvalue weighted by molar-refractivity contribution is 5.85. The van der Waals surface area contributed by atoms with E-state index < -0.39 is 17.9 Å². The van der Waals surface area contributed by atoms with Crippen molar-refractivity contribution in [3.8, 4) is 12.3 Å². The minimum absolute atomic E-state index is 0.188. The second-order valence-corrected chi connectivity index (χ2v) is 3.29. The van der Waals surface area contributed by atoms with Gasteiger partial charge in [-0.25, -0.2) is 0 Å². The number of nitrogens with zero attached hydrogens (tertiary/aromatic N) is 1. The second kappa shape index (κ2) is 4.11. The molecule has 0 bridgehead atoms. The third-order valence-corrected chi connectivity index (χ3v) is 2.20. The Hall–Kier alpha value is -1.54. The predicted molar refractivity (Wildman–Crippen MR) is 49.1 cm³/mol. The largest absolute Gasteiger partial charge is 0.481 e. The van der Waals surface area contributed by atoms with Crippen molar-refractivity contribution in [3.63, 3.8) is 0 Å². The fourth-order valence-electron chi connectivity index (χ4n) is 1.26. The molecule has 1 fully saturated rings. The average molecular weight is 196 g/mol. The summed E-state index contributed by atoms with van der Waals surface area (Å²) in [4.78, 5) is 23.3. The number of carbonyl (C=O) groups excluding carboxylic acids is 1. The number of hydrogen-bond acceptors (Lipinski definition) is 3. The van der Waals surface area contributed by atoms with E-state index in [1.165, 1.54) is 4.90 Å². The maximum atomic E-state index is 11.4. The fraction of sp³-hybridized carbons (Fsp3) is 0.556. The molecule has 0 aliphatic carbocycles. The molecule has 1 atom stereocenters. The van der Waals surface area contributed by atoms with Gasteiger partial charge in [0.05, 0.1) is 12.0 Å². The Balaban J connectivity index is 2.37. The number of rotatable bonds is 3. The number of likely N-dealkylation sites (tertiary alicyclic amines) is 1. The first-order chi connectivity index (χ1) is 6.56. The molecule has 14 heavy (non-hydrogen) atoms. The number of hydrogen-bond donors (Lipinski definition) is 2. The molecule has 0 aromatic rings. The Morgan fingerprint density at radius 1 is 1.64 bits per heavy atom. The van der Waals surface area contributed by atoms with E-state index in [4.69, 9.17) is 17.3 Å². The van der Waals surface area contributed by atoms with E-state index in [2.05, 4.69) is 5.92 Å². The van der Waals surface area contributed by atoms with Gasteiger partial charge >= 0.3 is 5.97 Å². The number of terminal acetylenes is 1. The molecule has 1 heterocycles. The van der Waals surface area contributed by atoms with Crippen LogP contribution in [0.25, 0.3) is 0 Å². The van der Waals surface area contributed by atoms with E-state index in [-0.39, 0.29) is 25.4 Å². The molecule has 0 aromatic carbocycles. The lowest BCUT2D eigenvalue weighted by atomic mass is 9.99. The zero-order valence-corrected chi connectivity index (χ0v) is 7.64. The molecule has 0 spiro atoms. The van der Waals surface area contributed by atoms with Crippen molar-refractivity contribution in [1.82, 2.24) is 4.90 Å².